The number of fused-ring (bicyclic) bond motifs is 1. The minimum Gasteiger partial charge on any atom is -0.374 e. The monoisotopic (exact) mass is 291 g/mol. The largest absolute Gasteiger partial charge is 0.374 e. The Labute approximate surface area is 123 Å². The Morgan fingerprint density at radius 1 is 1.48 bits per heavy atom. The van der Waals surface area contributed by atoms with Crippen molar-refractivity contribution in [2.75, 3.05) is 19.7 Å². The number of aromatic amines is 1. The number of carbonyl (C=O) groups is 1. The smallest absolute Gasteiger partial charge is 0.247 e. The number of hydrogen-bond acceptors (Lipinski definition) is 4. The Balaban J connectivity index is 1.75. The van der Waals surface area contributed by atoms with Crippen molar-refractivity contribution in [1.29, 1.82) is 0 Å². The highest BCUT2D eigenvalue weighted by Gasteiger charge is 2.63. The number of carbonyl (C=O) groups excluding carboxylic acids is 1. The van der Waals surface area contributed by atoms with E-state index >= 15 is 0 Å². The second kappa shape index (κ2) is 4.96. The third-order valence-corrected chi connectivity index (χ3v) is 4.92. The Morgan fingerprint density at radius 2 is 2.29 bits per heavy atom. The van der Waals surface area contributed by atoms with E-state index in [4.69, 9.17) is 4.74 Å². The highest BCUT2D eigenvalue weighted by molar-refractivity contribution is 5.85. The van der Waals surface area contributed by atoms with Crippen molar-refractivity contribution in [2.24, 2.45) is 11.3 Å². The summed E-state index contributed by atoms with van der Waals surface area (Å²) in [4.78, 5) is 26.4. The van der Waals surface area contributed by atoms with Crippen LogP contribution < -0.4 is 16.2 Å². The standard InChI is InChI=1S/C15H21N3O3/c1-14(2)15(9-16-7-11(15)8-21-14)13(20)18-6-10-3-4-12(19)17-5-10/h3-5,11,16H,6-9H2,1-2H3,(H,17,19)(H,18,20). The lowest BCUT2D eigenvalue weighted by Gasteiger charge is -2.37. The Kier molecular flexibility index (Phi) is 3.37. The second-order valence-corrected chi connectivity index (χ2v) is 6.36. The maximum Gasteiger partial charge on any atom is 0.247 e. The molecule has 1 aromatic rings. The van der Waals surface area contributed by atoms with Gasteiger partial charge in [-0.3, -0.25) is 9.59 Å². The summed E-state index contributed by atoms with van der Waals surface area (Å²) in [5, 5.41) is 6.32. The van der Waals surface area contributed by atoms with E-state index in [1.165, 1.54) is 6.07 Å². The normalized spacial score (nSPS) is 30.1. The van der Waals surface area contributed by atoms with Crippen LogP contribution in [0.1, 0.15) is 19.4 Å². The fourth-order valence-corrected chi connectivity index (χ4v) is 3.54. The average molecular weight is 291 g/mol. The van der Waals surface area contributed by atoms with E-state index < -0.39 is 11.0 Å². The maximum atomic E-state index is 12.8. The number of rotatable bonds is 3. The molecule has 6 nitrogen and oxygen atoms in total. The summed E-state index contributed by atoms with van der Waals surface area (Å²) in [5.41, 5.74) is -0.265. The molecule has 114 valence electrons. The molecule has 0 aromatic carbocycles. The molecule has 2 unspecified atom stereocenters. The van der Waals surface area contributed by atoms with Crippen LogP contribution in [0.25, 0.3) is 0 Å². The highest BCUT2D eigenvalue weighted by atomic mass is 16.5. The molecule has 2 saturated heterocycles. The van der Waals surface area contributed by atoms with Gasteiger partial charge in [0, 0.05) is 37.8 Å². The van der Waals surface area contributed by atoms with E-state index in [2.05, 4.69) is 15.6 Å². The van der Waals surface area contributed by atoms with Crippen molar-refractivity contribution in [3.05, 3.63) is 34.2 Å². The summed E-state index contributed by atoms with van der Waals surface area (Å²) in [6, 6.07) is 3.18. The predicted octanol–water partition coefficient (Wildman–Crippen LogP) is 0.00570. The van der Waals surface area contributed by atoms with E-state index in [0.29, 0.717) is 19.7 Å². The van der Waals surface area contributed by atoms with E-state index in [9.17, 15) is 9.59 Å². The first kappa shape index (κ1) is 14.3. The zero-order valence-electron chi connectivity index (χ0n) is 12.4. The van der Waals surface area contributed by atoms with Crippen molar-refractivity contribution >= 4 is 5.91 Å². The Morgan fingerprint density at radius 3 is 3.00 bits per heavy atom. The average Bonchev–Trinajstić information content (AvgIpc) is 2.99. The molecular weight excluding hydrogens is 270 g/mol. The van der Waals surface area contributed by atoms with Crippen molar-refractivity contribution in [3.63, 3.8) is 0 Å². The van der Waals surface area contributed by atoms with Gasteiger partial charge in [-0.1, -0.05) is 6.07 Å². The lowest BCUT2D eigenvalue weighted by atomic mass is 9.68. The highest BCUT2D eigenvalue weighted by Crippen LogP contribution is 2.49. The van der Waals surface area contributed by atoms with Crippen LogP contribution in [-0.2, 0) is 16.1 Å². The van der Waals surface area contributed by atoms with Crippen molar-refractivity contribution in [1.82, 2.24) is 15.6 Å². The number of nitrogens with one attached hydrogen (secondary N) is 3. The van der Waals surface area contributed by atoms with Crippen LogP contribution in [0.4, 0.5) is 0 Å². The van der Waals surface area contributed by atoms with Gasteiger partial charge in [0.05, 0.1) is 17.6 Å². The summed E-state index contributed by atoms with van der Waals surface area (Å²) in [6.07, 6.45) is 1.63. The van der Waals surface area contributed by atoms with Gasteiger partial charge in [-0.25, -0.2) is 0 Å². The lowest BCUT2D eigenvalue weighted by molar-refractivity contribution is -0.140. The second-order valence-electron chi connectivity index (χ2n) is 6.36. The van der Waals surface area contributed by atoms with Gasteiger partial charge in [0.1, 0.15) is 0 Å². The number of amides is 1. The predicted molar refractivity (Wildman–Crippen MR) is 77.7 cm³/mol. The molecule has 2 fully saturated rings. The van der Waals surface area contributed by atoms with Crippen LogP contribution in [0, 0.1) is 11.3 Å². The molecule has 0 aliphatic carbocycles. The third kappa shape index (κ3) is 2.18. The number of pyridine rings is 1. The summed E-state index contributed by atoms with van der Waals surface area (Å²) in [6.45, 7) is 6.45. The molecule has 2 aliphatic heterocycles. The van der Waals surface area contributed by atoms with Gasteiger partial charge in [-0.15, -0.1) is 0 Å². The molecule has 1 aromatic heterocycles. The molecule has 2 aliphatic rings. The zero-order chi connectivity index (χ0) is 15.1. The zero-order valence-corrected chi connectivity index (χ0v) is 12.4. The number of hydrogen-bond donors (Lipinski definition) is 3. The molecule has 21 heavy (non-hydrogen) atoms. The molecule has 2 atom stereocenters. The summed E-state index contributed by atoms with van der Waals surface area (Å²) >= 11 is 0. The topological polar surface area (TPSA) is 83.2 Å². The van der Waals surface area contributed by atoms with E-state index in [1.807, 2.05) is 13.8 Å². The molecule has 3 N–H and O–H groups in total. The molecule has 0 radical (unpaired) electrons. The van der Waals surface area contributed by atoms with Gasteiger partial charge >= 0.3 is 0 Å². The van der Waals surface area contributed by atoms with Crippen LogP contribution >= 0.6 is 0 Å². The fourth-order valence-electron chi connectivity index (χ4n) is 3.54. The SMILES string of the molecule is CC1(C)OCC2CNCC21C(=O)NCc1ccc(=O)[nH]c1. The third-order valence-electron chi connectivity index (χ3n) is 4.92. The minimum absolute atomic E-state index is 0.0196. The first-order chi connectivity index (χ1) is 9.96. The summed E-state index contributed by atoms with van der Waals surface area (Å²) in [7, 11) is 0. The first-order valence-electron chi connectivity index (χ1n) is 7.26. The lowest BCUT2D eigenvalue weighted by Crippen LogP contribution is -2.55. The van der Waals surface area contributed by atoms with Gasteiger partial charge in [-0.05, 0) is 19.4 Å². The van der Waals surface area contributed by atoms with Gasteiger partial charge in [0.15, 0.2) is 0 Å². The fraction of sp³-hybridized carbons (Fsp3) is 0.600. The van der Waals surface area contributed by atoms with Crippen molar-refractivity contribution in [3.8, 4) is 0 Å². The van der Waals surface area contributed by atoms with Crippen molar-refractivity contribution in [2.45, 2.75) is 26.0 Å². The van der Waals surface area contributed by atoms with Gasteiger partial charge in [0.25, 0.3) is 0 Å². The molecule has 6 heteroatoms. The summed E-state index contributed by atoms with van der Waals surface area (Å²) in [5.74, 6) is 0.231. The van der Waals surface area contributed by atoms with Crippen LogP contribution in [-0.4, -0.2) is 36.2 Å². The molecule has 3 heterocycles. The van der Waals surface area contributed by atoms with E-state index in [1.54, 1.807) is 12.3 Å². The van der Waals surface area contributed by atoms with Crippen molar-refractivity contribution < 1.29 is 9.53 Å². The van der Waals surface area contributed by atoms with Crippen LogP contribution in [0.3, 0.4) is 0 Å². The number of ether oxygens (including phenoxy) is 1. The number of H-pyrrole nitrogens is 1. The van der Waals surface area contributed by atoms with Crippen LogP contribution in [0.15, 0.2) is 23.1 Å². The van der Waals surface area contributed by atoms with Gasteiger partial charge in [-0.2, -0.15) is 0 Å². The molecule has 0 saturated carbocycles. The molecule has 0 spiro atoms. The Bertz CT molecular complexity index is 590. The van der Waals surface area contributed by atoms with E-state index in [0.717, 1.165) is 12.1 Å². The van der Waals surface area contributed by atoms with E-state index in [-0.39, 0.29) is 17.4 Å². The summed E-state index contributed by atoms with van der Waals surface area (Å²) < 4.78 is 5.85. The maximum absolute atomic E-state index is 12.8. The molecule has 0 bridgehead atoms. The van der Waals surface area contributed by atoms with Crippen LogP contribution in [0.5, 0.6) is 0 Å². The molecular formula is C15H21N3O3. The number of aromatic nitrogens is 1. The van der Waals surface area contributed by atoms with Gasteiger partial charge in [0.2, 0.25) is 11.5 Å². The molecule has 3 rings (SSSR count). The van der Waals surface area contributed by atoms with Gasteiger partial charge < -0.3 is 20.4 Å². The first-order valence-corrected chi connectivity index (χ1v) is 7.26. The molecule has 1 amide bonds. The minimum atomic E-state index is -0.519. The van der Waals surface area contributed by atoms with Crippen LogP contribution in [0.2, 0.25) is 0 Å². The quantitative estimate of drug-likeness (QED) is 0.732. The Hall–Kier alpha value is -1.66.